The molecule has 0 atom stereocenters. The molecule has 0 bridgehead atoms. The normalized spacial score (nSPS) is 19.3. The van der Waals surface area contributed by atoms with E-state index in [-0.39, 0.29) is 11.9 Å². The molecule has 2 saturated heterocycles. The number of rotatable bonds is 4. The summed E-state index contributed by atoms with van der Waals surface area (Å²) in [4.78, 5) is 22.9. The molecule has 0 unspecified atom stereocenters. The van der Waals surface area contributed by atoms with Gasteiger partial charge in [0.15, 0.2) is 5.82 Å². The van der Waals surface area contributed by atoms with Gasteiger partial charge < -0.3 is 19.6 Å². The Morgan fingerprint density at radius 3 is 2.37 bits per heavy atom. The molecule has 2 aliphatic heterocycles. The number of amides is 2. The quantitative estimate of drug-likeness (QED) is 0.628. The molecule has 8 nitrogen and oxygen atoms in total. The summed E-state index contributed by atoms with van der Waals surface area (Å²) in [5, 5.41) is 6.98. The summed E-state index contributed by atoms with van der Waals surface area (Å²) in [5.41, 5.74) is 0.733. The monoisotopic (exact) mass is 514 g/mol. The molecule has 192 valence electrons. The lowest BCUT2D eigenvalue weighted by atomic mass is 9.80. The minimum Gasteiger partial charge on any atom is -0.367 e. The van der Waals surface area contributed by atoms with Crippen LogP contribution in [0.25, 0.3) is 0 Å². The van der Waals surface area contributed by atoms with E-state index in [0.29, 0.717) is 42.7 Å². The Morgan fingerprint density at radius 2 is 1.80 bits per heavy atom. The van der Waals surface area contributed by atoms with Crippen molar-refractivity contribution in [3.8, 4) is 0 Å². The standard InChI is InChI=1S/C23H30ClF3N6O2/c1-15(2)31-11-13-32(14-12-31)17-6-4-5-16(24)18(17)28-21(34)33-9-7-22(3,8-10-33)19-29-20(35-30-19)23(25,26)27/h4-6,15H,7-14H2,1-3H3,(H,28,34). The molecular formula is C23H30ClF3N6O2. The molecule has 3 heterocycles. The summed E-state index contributed by atoms with van der Waals surface area (Å²) >= 11 is 6.49. The fourth-order valence-corrected chi connectivity index (χ4v) is 4.79. The Morgan fingerprint density at radius 1 is 1.14 bits per heavy atom. The van der Waals surface area contributed by atoms with Crippen LogP contribution < -0.4 is 10.2 Å². The van der Waals surface area contributed by atoms with Gasteiger partial charge in [-0.15, -0.1) is 0 Å². The number of carbonyl (C=O) groups excluding carboxylic acids is 1. The van der Waals surface area contributed by atoms with E-state index in [4.69, 9.17) is 11.6 Å². The van der Waals surface area contributed by atoms with Crippen LogP contribution in [0.2, 0.25) is 5.02 Å². The second-order valence-corrected chi connectivity index (χ2v) is 10.1. The topological polar surface area (TPSA) is 77.7 Å². The average molecular weight is 515 g/mol. The van der Waals surface area contributed by atoms with Gasteiger partial charge in [0.2, 0.25) is 0 Å². The number of anilines is 2. The highest BCUT2D eigenvalue weighted by Crippen LogP contribution is 2.37. The molecule has 2 amide bonds. The SMILES string of the molecule is CC(C)N1CCN(c2cccc(Cl)c2NC(=O)N2CCC(C)(c3noc(C(F)(F)F)n3)CC2)CC1. The summed E-state index contributed by atoms with van der Waals surface area (Å²) in [6.07, 6.45) is -3.87. The van der Waals surface area contributed by atoms with Crippen molar-refractivity contribution >= 4 is 29.0 Å². The van der Waals surface area contributed by atoms with Crippen molar-refractivity contribution < 1.29 is 22.5 Å². The van der Waals surface area contributed by atoms with Crippen molar-refractivity contribution in [2.45, 2.75) is 51.2 Å². The fourth-order valence-electron chi connectivity index (χ4n) is 4.58. The molecule has 12 heteroatoms. The van der Waals surface area contributed by atoms with Crippen LogP contribution in [0.4, 0.5) is 29.3 Å². The van der Waals surface area contributed by atoms with Crippen molar-refractivity contribution in [2.75, 3.05) is 49.5 Å². The third-order valence-electron chi connectivity index (χ3n) is 6.97. The lowest BCUT2D eigenvalue weighted by Gasteiger charge is -2.39. The summed E-state index contributed by atoms with van der Waals surface area (Å²) in [6.45, 7) is 10.3. The van der Waals surface area contributed by atoms with Gasteiger partial charge in [0.25, 0.3) is 0 Å². The van der Waals surface area contributed by atoms with Crippen molar-refractivity contribution in [3.63, 3.8) is 0 Å². The number of nitrogens with zero attached hydrogens (tertiary/aromatic N) is 5. The largest absolute Gasteiger partial charge is 0.471 e. The zero-order chi connectivity index (χ0) is 25.4. The van der Waals surface area contributed by atoms with E-state index in [1.54, 1.807) is 17.9 Å². The first-order valence-corrected chi connectivity index (χ1v) is 12.1. The zero-order valence-electron chi connectivity index (χ0n) is 20.0. The molecule has 2 aromatic rings. The highest BCUT2D eigenvalue weighted by Gasteiger charge is 2.43. The van der Waals surface area contributed by atoms with E-state index >= 15 is 0 Å². The first-order valence-electron chi connectivity index (χ1n) is 11.7. The molecule has 2 fully saturated rings. The van der Waals surface area contributed by atoms with Gasteiger partial charge in [-0.3, -0.25) is 4.90 Å². The number of halogens is 4. The Balaban J connectivity index is 1.41. The molecule has 35 heavy (non-hydrogen) atoms. The Bertz CT molecular complexity index is 1040. The maximum absolute atomic E-state index is 13.1. The minimum absolute atomic E-state index is 0.0128. The predicted molar refractivity (Wildman–Crippen MR) is 127 cm³/mol. The second kappa shape index (κ2) is 9.85. The van der Waals surface area contributed by atoms with Crippen molar-refractivity contribution in [1.82, 2.24) is 19.9 Å². The van der Waals surface area contributed by atoms with E-state index < -0.39 is 17.5 Å². The number of alkyl halides is 3. The van der Waals surface area contributed by atoms with Crippen LogP contribution in [0.1, 0.15) is 45.3 Å². The number of piperidine rings is 1. The number of para-hydroxylation sites is 1. The van der Waals surface area contributed by atoms with Crippen LogP contribution in [0.5, 0.6) is 0 Å². The van der Waals surface area contributed by atoms with Crippen LogP contribution in [-0.2, 0) is 11.6 Å². The zero-order valence-corrected chi connectivity index (χ0v) is 20.8. The average Bonchev–Trinajstić information content (AvgIpc) is 3.33. The van der Waals surface area contributed by atoms with E-state index in [0.717, 1.165) is 31.9 Å². The number of aromatic nitrogens is 2. The maximum atomic E-state index is 13.1. The second-order valence-electron chi connectivity index (χ2n) is 9.65. The van der Waals surface area contributed by atoms with Crippen LogP contribution in [-0.4, -0.2) is 71.3 Å². The Labute approximate surface area is 207 Å². The summed E-state index contributed by atoms with van der Waals surface area (Å²) < 4.78 is 42.9. The van der Waals surface area contributed by atoms with E-state index in [9.17, 15) is 18.0 Å². The number of hydrogen-bond donors (Lipinski definition) is 1. The third-order valence-corrected chi connectivity index (χ3v) is 7.29. The number of nitrogens with one attached hydrogen (secondary N) is 1. The van der Waals surface area contributed by atoms with Crippen molar-refractivity contribution in [3.05, 3.63) is 34.9 Å². The lowest BCUT2D eigenvalue weighted by molar-refractivity contribution is -0.159. The maximum Gasteiger partial charge on any atom is 0.471 e. The predicted octanol–water partition coefficient (Wildman–Crippen LogP) is 4.86. The molecular weight excluding hydrogens is 485 g/mol. The highest BCUT2D eigenvalue weighted by atomic mass is 35.5. The van der Waals surface area contributed by atoms with Crippen molar-refractivity contribution in [2.24, 2.45) is 0 Å². The van der Waals surface area contributed by atoms with E-state index in [1.807, 2.05) is 12.1 Å². The lowest BCUT2D eigenvalue weighted by Crippen LogP contribution is -2.49. The summed E-state index contributed by atoms with van der Waals surface area (Å²) in [6, 6.07) is 5.75. The number of carbonyl (C=O) groups is 1. The van der Waals surface area contributed by atoms with Gasteiger partial charge in [0, 0.05) is 50.7 Å². The van der Waals surface area contributed by atoms with Crippen LogP contribution in [0, 0.1) is 0 Å². The van der Waals surface area contributed by atoms with E-state index in [1.165, 1.54) is 0 Å². The molecule has 0 spiro atoms. The van der Waals surface area contributed by atoms with Crippen LogP contribution in [0.3, 0.4) is 0 Å². The third kappa shape index (κ3) is 5.50. The number of likely N-dealkylation sites (tertiary alicyclic amines) is 1. The first kappa shape index (κ1) is 25.6. The Hall–Kier alpha value is -2.53. The molecule has 1 aromatic carbocycles. The minimum atomic E-state index is -4.68. The highest BCUT2D eigenvalue weighted by molar-refractivity contribution is 6.34. The number of piperazine rings is 1. The number of benzene rings is 1. The van der Waals surface area contributed by atoms with E-state index in [2.05, 4.69) is 43.6 Å². The van der Waals surface area contributed by atoms with Gasteiger partial charge in [-0.2, -0.15) is 18.2 Å². The fraction of sp³-hybridized carbons (Fsp3) is 0.609. The van der Waals surface area contributed by atoms with Crippen LogP contribution >= 0.6 is 11.6 Å². The molecule has 0 radical (unpaired) electrons. The molecule has 1 N–H and O–H groups in total. The molecule has 4 rings (SSSR count). The number of hydrogen-bond acceptors (Lipinski definition) is 6. The summed E-state index contributed by atoms with van der Waals surface area (Å²) in [5.74, 6) is -1.34. The molecule has 1 aromatic heterocycles. The van der Waals surface area contributed by atoms with Gasteiger partial charge in [-0.1, -0.05) is 29.7 Å². The van der Waals surface area contributed by atoms with Crippen molar-refractivity contribution in [1.29, 1.82) is 0 Å². The van der Waals surface area contributed by atoms with Gasteiger partial charge in [-0.05, 0) is 38.8 Å². The van der Waals surface area contributed by atoms with Crippen LogP contribution in [0.15, 0.2) is 22.7 Å². The van der Waals surface area contributed by atoms with Gasteiger partial charge in [0.1, 0.15) is 0 Å². The molecule has 0 aliphatic carbocycles. The smallest absolute Gasteiger partial charge is 0.367 e. The Kier molecular flexibility index (Phi) is 7.19. The van der Waals surface area contributed by atoms with Gasteiger partial charge in [-0.25, -0.2) is 4.79 Å². The molecule has 2 aliphatic rings. The van der Waals surface area contributed by atoms with Gasteiger partial charge in [0.05, 0.1) is 16.4 Å². The number of urea groups is 1. The first-order chi connectivity index (χ1) is 16.5. The molecule has 0 saturated carbocycles. The summed E-state index contributed by atoms with van der Waals surface area (Å²) in [7, 11) is 0. The van der Waals surface area contributed by atoms with Gasteiger partial charge >= 0.3 is 18.1 Å².